The Bertz CT molecular complexity index is 819. The Hall–Kier alpha value is -1.56. The van der Waals surface area contributed by atoms with Crippen molar-refractivity contribution in [1.29, 1.82) is 0 Å². The van der Waals surface area contributed by atoms with Crippen molar-refractivity contribution in [2.45, 2.75) is 26.2 Å². The van der Waals surface area contributed by atoms with Crippen LogP contribution in [0.1, 0.15) is 23.6 Å². The van der Waals surface area contributed by atoms with Gasteiger partial charge in [0.1, 0.15) is 5.78 Å². The van der Waals surface area contributed by atoms with Crippen LogP contribution in [-0.4, -0.2) is 5.78 Å². The maximum Gasteiger partial charge on any atom is 0.134 e. The number of hydrogen-bond acceptors (Lipinski definition) is 1. The lowest BCUT2D eigenvalue weighted by molar-refractivity contribution is -0.116. The highest BCUT2D eigenvalue weighted by Gasteiger charge is 2.07. The molecule has 1 aromatic heterocycles. The standard InChI is InChI=1S/C19H18ClOP/c1-13(21)10-14-6-7-15(18(20)11-14)8-9-16-12-22-19-5-3-2-4-17(16)19/h2-7,11-12,22H,8-10H2,1H3. The van der Waals surface area contributed by atoms with E-state index in [2.05, 4.69) is 36.1 Å². The summed E-state index contributed by atoms with van der Waals surface area (Å²) in [5, 5.41) is 3.61. The van der Waals surface area contributed by atoms with Crippen molar-refractivity contribution in [3.05, 3.63) is 70.0 Å². The van der Waals surface area contributed by atoms with Gasteiger partial charge in [0.05, 0.1) is 0 Å². The topological polar surface area (TPSA) is 17.1 Å². The van der Waals surface area contributed by atoms with Gasteiger partial charge < -0.3 is 0 Å². The molecule has 1 nitrogen and oxygen atoms in total. The van der Waals surface area contributed by atoms with Crippen molar-refractivity contribution in [3.8, 4) is 0 Å². The molecular weight excluding hydrogens is 311 g/mol. The summed E-state index contributed by atoms with van der Waals surface area (Å²) in [4.78, 5) is 11.2. The number of carbonyl (C=O) groups excluding carboxylic acids is 1. The summed E-state index contributed by atoms with van der Waals surface area (Å²) in [5.41, 5.74) is 3.58. The van der Waals surface area contributed by atoms with E-state index < -0.39 is 0 Å². The SMILES string of the molecule is CC(=O)Cc1ccc(CCc2c[pH]c3ccccc23)c(Cl)c1. The highest BCUT2D eigenvalue weighted by atomic mass is 35.5. The molecule has 0 amide bonds. The quantitative estimate of drug-likeness (QED) is 0.609. The third-order valence-electron chi connectivity index (χ3n) is 3.91. The van der Waals surface area contributed by atoms with Gasteiger partial charge in [-0.05, 0) is 58.8 Å². The second kappa shape index (κ2) is 6.69. The molecule has 3 rings (SSSR count). The Morgan fingerprint density at radius 2 is 1.86 bits per heavy atom. The predicted molar refractivity (Wildman–Crippen MR) is 96.7 cm³/mol. The molecule has 0 aliphatic carbocycles. The largest absolute Gasteiger partial charge is 0.300 e. The molecule has 3 heteroatoms. The lowest BCUT2D eigenvalue weighted by atomic mass is 10.0. The number of rotatable bonds is 5. The monoisotopic (exact) mass is 328 g/mol. The van der Waals surface area contributed by atoms with Gasteiger partial charge in [-0.3, -0.25) is 4.79 Å². The molecule has 0 aliphatic heterocycles. The number of halogens is 1. The van der Waals surface area contributed by atoms with Gasteiger partial charge in [-0.15, -0.1) is 8.19 Å². The smallest absolute Gasteiger partial charge is 0.134 e. The minimum atomic E-state index is 0.164. The molecule has 1 atom stereocenters. The Morgan fingerprint density at radius 3 is 2.64 bits per heavy atom. The van der Waals surface area contributed by atoms with Gasteiger partial charge in [-0.1, -0.05) is 48.0 Å². The molecule has 0 saturated carbocycles. The average Bonchev–Trinajstić information content (AvgIpc) is 2.89. The van der Waals surface area contributed by atoms with Gasteiger partial charge >= 0.3 is 0 Å². The molecule has 1 heterocycles. The van der Waals surface area contributed by atoms with Crippen molar-refractivity contribution in [2.75, 3.05) is 0 Å². The zero-order valence-electron chi connectivity index (χ0n) is 12.5. The summed E-state index contributed by atoms with van der Waals surface area (Å²) in [6.45, 7) is 1.60. The molecule has 0 bridgehead atoms. The van der Waals surface area contributed by atoms with E-state index in [0.29, 0.717) is 6.42 Å². The van der Waals surface area contributed by atoms with Gasteiger partial charge in [-0.25, -0.2) is 0 Å². The molecule has 2 aromatic carbocycles. The molecule has 0 saturated heterocycles. The fraction of sp³-hybridized carbons (Fsp3) is 0.211. The van der Waals surface area contributed by atoms with Gasteiger partial charge in [-0.2, -0.15) is 0 Å². The molecule has 0 aliphatic rings. The summed E-state index contributed by atoms with van der Waals surface area (Å²) in [7, 11) is 0.787. The maximum absolute atomic E-state index is 11.2. The van der Waals surface area contributed by atoms with Crippen molar-refractivity contribution < 1.29 is 4.79 Å². The predicted octanol–water partition coefficient (Wildman–Crippen LogP) is 5.44. The fourth-order valence-corrected chi connectivity index (χ4v) is 4.32. The van der Waals surface area contributed by atoms with Gasteiger partial charge in [0.2, 0.25) is 0 Å². The van der Waals surface area contributed by atoms with Crippen LogP contribution in [0.5, 0.6) is 0 Å². The van der Waals surface area contributed by atoms with Crippen LogP contribution in [0.25, 0.3) is 10.5 Å². The number of carbonyl (C=O) groups is 1. The van der Waals surface area contributed by atoms with E-state index in [-0.39, 0.29) is 5.78 Å². The summed E-state index contributed by atoms with van der Waals surface area (Å²) >= 11 is 6.37. The molecule has 0 spiro atoms. The third kappa shape index (κ3) is 3.43. The number of Topliss-reactive ketones (excluding diaryl/α,β-unsaturated/α-hetero) is 1. The Morgan fingerprint density at radius 1 is 1.09 bits per heavy atom. The number of ketones is 1. The highest BCUT2D eigenvalue weighted by Crippen LogP contribution is 2.31. The third-order valence-corrected chi connectivity index (χ3v) is 5.50. The molecule has 0 N–H and O–H groups in total. The zero-order valence-corrected chi connectivity index (χ0v) is 14.3. The fourth-order valence-electron chi connectivity index (χ4n) is 2.80. The summed E-state index contributed by atoms with van der Waals surface area (Å²) < 4.78 is 0. The van der Waals surface area contributed by atoms with Crippen molar-refractivity contribution >= 4 is 36.1 Å². The Balaban J connectivity index is 1.75. The first-order chi connectivity index (χ1) is 10.6. The zero-order chi connectivity index (χ0) is 15.5. The van der Waals surface area contributed by atoms with E-state index in [1.165, 1.54) is 16.1 Å². The van der Waals surface area contributed by atoms with E-state index in [0.717, 1.165) is 37.2 Å². The van der Waals surface area contributed by atoms with Crippen LogP contribution in [0, 0.1) is 0 Å². The second-order valence-corrected chi connectivity index (χ2v) is 7.19. The molecule has 0 fully saturated rings. The van der Waals surface area contributed by atoms with E-state index in [4.69, 9.17) is 11.6 Å². The van der Waals surface area contributed by atoms with E-state index in [1.807, 2.05) is 12.1 Å². The highest BCUT2D eigenvalue weighted by molar-refractivity contribution is 7.36. The molecule has 1 unspecified atom stereocenters. The minimum absolute atomic E-state index is 0.164. The lowest BCUT2D eigenvalue weighted by Gasteiger charge is -2.07. The van der Waals surface area contributed by atoms with Crippen molar-refractivity contribution in [2.24, 2.45) is 0 Å². The number of hydrogen-bond donors (Lipinski definition) is 0. The van der Waals surface area contributed by atoms with Crippen LogP contribution in [0.2, 0.25) is 5.02 Å². The molecule has 0 radical (unpaired) electrons. The minimum Gasteiger partial charge on any atom is -0.300 e. The number of benzene rings is 2. The molecule has 112 valence electrons. The van der Waals surface area contributed by atoms with E-state index in [9.17, 15) is 4.79 Å². The maximum atomic E-state index is 11.2. The normalized spacial score (nSPS) is 11.4. The van der Waals surface area contributed by atoms with Crippen molar-refractivity contribution in [1.82, 2.24) is 0 Å². The van der Waals surface area contributed by atoms with Crippen LogP contribution in [-0.2, 0) is 24.1 Å². The molecule has 3 aromatic rings. The van der Waals surface area contributed by atoms with Crippen LogP contribution in [0.4, 0.5) is 0 Å². The van der Waals surface area contributed by atoms with Gasteiger partial charge in [0.15, 0.2) is 0 Å². The first kappa shape index (κ1) is 15.3. The lowest BCUT2D eigenvalue weighted by Crippen LogP contribution is -1.98. The molecule has 22 heavy (non-hydrogen) atoms. The summed E-state index contributed by atoms with van der Waals surface area (Å²) in [6.07, 6.45) is 2.40. The summed E-state index contributed by atoms with van der Waals surface area (Å²) in [5.74, 6) is 2.51. The van der Waals surface area contributed by atoms with Gasteiger partial charge in [0.25, 0.3) is 0 Å². The van der Waals surface area contributed by atoms with Crippen LogP contribution in [0.15, 0.2) is 48.3 Å². The number of fused-ring (bicyclic) bond motifs is 1. The number of aryl methyl sites for hydroxylation is 2. The summed E-state index contributed by atoms with van der Waals surface area (Å²) in [6, 6.07) is 14.6. The van der Waals surface area contributed by atoms with Crippen LogP contribution in [0.3, 0.4) is 0 Å². The Labute approximate surface area is 137 Å². The van der Waals surface area contributed by atoms with Gasteiger partial charge in [0, 0.05) is 11.4 Å². The Kier molecular flexibility index (Phi) is 4.66. The van der Waals surface area contributed by atoms with Crippen LogP contribution >= 0.6 is 19.8 Å². The second-order valence-electron chi connectivity index (χ2n) is 5.66. The average molecular weight is 329 g/mol. The molecular formula is C19H18ClOP. The van der Waals surface area contributed by atoms with E-state index >= 15 is 0 Å². The first-order valence-electron chi connectivity index (χ1n) is 7.45. The van der Waals surface area contributed by atoms with E-state index in [1.54, 1.807) is 6.92 Å². The van der Waals surface area contributed by atoms with Crippen LogP contribution < -0.4 is 0 Å². The first-order valence-corrected chi connectivity index (χ1v) is 8.91. The van der Waals surface area contributed by atoms with Crippen molar-refractivity contribution in [3.63, 3.8) is 0 Å².